The minimum absolute atomic E-state index is 0.0113. The minimum atomic E-state index is -4.76. The molecule has 2 fully saturated rings. The number of carbonyl (C=O) groups excluding carboxylic acids is 2. The molecule has 2 aliphatic rings. The molecule has 11 heteroatoms. The zero-order chi connectivity index (χ0) is 28.6. The topological polar surface area (TPSA) is 96.5 Å². The number of alkyl halides is 3. The molecule has 0 atom stereocenters. The highest BCUT2D eigenvalue weighted by Gasteiger charge is 2.51. The van der Waals surface area contributed by atoms with Gasteiger partial charge < -0.3 is 20.3 Å². The quantitative estimate of drug-likeness (QED) is 0.280. The first-order chi connectivity index (χ1) is 19.7. The third-order valence-corrected chi connectivity index (χ3v) is 7.86. The molecule has 1 amide bonds. The summed E-state index contributed by atoms with van der Waals surface area (Å²) in [7, 11) is 0. The van der Waals surface area contributed by atoms with Crippen LogP contribution in [-0.4, -0.2) is 40.2 Å². The molecule has 0 unspecified atom stereocenters. The van der Waals surface area contributed by atoms with Gasteiger partial charge in [0.1, 0.15) is 23.4 Å². The molecule has 1 aliphatic carbocycles. The first-order valence-corrected chi connectivity index (χ1v) is 13.2. The van der Waals surface area contributed by atoms with E-state index in [9.17, 15) is 22.8 Å². The van der Waals surface area contributed by atoms with Crippen LogP contribution in [0, 0.1) is 5.92 Å². The second-order valence-electron chi connectivity index (χ2n) is 10.2. The largest absolute Gasteiger partial charge is 0.573 e. The van der Waals surface area contributed by atoms with E-state index in [0.717, 1.165) is 5.69 Å². The van der Waals surface area contributed by atoms with Crippen molar-refractivity contribution in [3.8, 4) is 5.75 Å². The molecule has 8 nitrogen and oxygen atoms in total. The van der Waals surface area contributed by atoms with E-state index in [1.165, 1.54) is 30.6 Å². The van der Waals surface area contributed by atoms with Gasteiger partial charge in [-0.3, -0.25) is 9.59 Å². The maximum absolute atomic E-state index is 13.5. The third-order valence-electron chi connectivity index (χ3n) is 7.86. The van der Waals surface area contributed by atoms with Crippen molar-refractivity contribution in [2.24, 2.45) is 5.92 Å². The summed E-state index contributed by atoms with van der Waals surface area (Å²) in [4.78, 5) is 37.2. The summed E-state index contributed by atoms with van der Waals surface area (Å²) in [5.41, 5.74) is 1.94. The molecular formula is C30H26F3N5O3. The molecule has 1 spiro atoms. The summed E-state index contributed by atoms with van der Waals surface area (Å²) in [5.74, 6) is -0.0574. The Morgan fingerprint density at radius 2 is 1.73 bits per heavy atom. The average Bonchev–Trinajstić information content (AvgIpc) is 3.28. The van der Waals surface area contributed by atoms with Crippen molar-refractivity contribution in [1.82, 2.24) is 15.3 Å². The van der Waals surface area contributed by atoms with Crippen molar-refractivity contribution in [3.63, 3.8) is 0 Å². The molecule has 1 aliphatic heterocycles. The minimum Gasteiger partial charge on any atom is -0.406 e. The Morgan fingerprint density at radius 3 is 2.44 bits per heavy atom. The number of anilines is 3. The fraction of sp³-hybridized carbons (Fsp3) is 0.267. The van der Waals surface area contributed by atoms with E-state index < -0.39 is 11.9 Å². The first kappa shape index (κ1) is 26.5. The van der Waals surface area contributed by atoms with Crippen molar-refractivity contribution in [1.29, 1.82) is 0 Å². The van der Waals surface area contributed by atoms with E-state index in [0.29, 0.717) is 60.3 Å². The second kappa shape index (κ2) is 10.4. The van der Waals surface area contributed by atoms with Crippen LogP contribution < -0.4 is 20.3 Å². The summed E-state index contributed by atoms with van der Waals surface area (Å²) in [6.45, 7) is 0.452. The number of carbonyl (C=O) groups is 2. The Labute approximate surface area is 233 Å². The lowest BCUT2D eigenvalue weighted by Crippen LogP contribution is -2.52. The van der Waals surface area contributed by atoms with Gasteiger partial charge in [0.05, 0.1) is 12.2 Å². The van der Waals surface area contributed by atoms with Gasteiger partial charge in [0.2, 0.25) is 5.91 Å². The van der Waals surface area contributed by atoms with E-state index in [4.69, 9.17) is 0 Å². The van der Waals surface area contributed by atoms with Gasteiger partial charge in [-0.15, -0.1) is 13.2 Å². The number of para-hydroxylation sites is 1. The maximum Gasteiger partial charge on any atom is 0.573 e. The second-order valence-corrected chi connectivity index (χ2v) is 10.2. The number of ketones is 1. The summed E-state index contributed by atoms with van der Waals surface area (Å²) in [5, 5.41) is 6.73. The maximum atomic E-state index is 13.5. The Balaban J connectivity index is 1.16. The van der Waals surface area contributed by atoms with E-state index in [2.05, 4.69) is 30.2 Å². The first-order valence-electron chi connectivity index (χ1n) is 13.2. The van der Waals surface area contributed by atoms with Crippen molar-refractivity contribution >= 4 is 39.8 Å². The van der Waals surface area contributed by atoms with E-state index in [-0.39, 0.29) is 23.4 Å². The van der Waals surface area contributed by atoms with E-state index in [1.54, 1.807) is 18.2 Å². The van der Waals surface area contributed by atoms with Crippen LogP contribution in [0.2, 0.25) is 0 Å². The number of nitrogens with one attached hydrogen (secondary N) is 2. The molecule has 210 valence electrons. The number of aromatic nitrogens is 2. The molecule has 4 aromatic rings. The molecule has 1 saturated heterocycles. The lowest BCUT2D eigenvalue weighted by atomic mass is 9.73. The summed E-state index contributed by atoms with van der Waals surface area (Å²) in [6.07, 6.45) is -1.04. The highest BCUT2D eigenvalue weighted by molar-refractivity contribution is 6.03. The van der Waals surface area contributed by atoms with E-state index in [1.807, 2.05) is 30.3 Å². The highest BCUT2D eigenvalue weighted by Crippen LogP contribution is 2.42. The zero-order valence-corrected chi connectivity index (χ0v) is 21.8. The number of rotatable bonds is 6. The SMILES string of the molecule is O=C(c1ccc2c(Nc3ccc(OC(F)(F)F)cc3)ncnc2c1)C1CCC2(CC1)C(=O)NCN2c1ccccc1. The van der Waals surface area contributed by atoms with Gasteiger partial charge in [-0.1, -0.05) is 24.3 Å². The lowest BCUT2D eigenvalue weighted by molar-refractivity contribution is -0.274. The van der Waals surface area contributed by atoms with Crippen molar-refractivity contribution in [3.05, 3.63) is 84.7 Å². The van der Waals surface area contributed by atoms with Gasteiger partial charge in [0.25, 0.3) is 0 Å². The number of hydrogen-bond donors (Lipinski definition) is 2. The van der Waals surface area contributed by atoms with Gasteiger partial charge in [0, 0.05) is 28.2 Å². The molecule has 6 rings (SSSR count). The van der Waals surface area contributed by atoms with Crippen molar-refractivity contribution < 1.29 is 27.5 Å². The van der Waals surface area contributed by atoms with Crippen LogP contribution in [0.15, 0.2) is 79.1 Å². The standard InChI is InChI=1S/C30H26F3N5O3/c31-30(32,33)41-23-9-7-21(8-10-23)37-27-24-11-6-20(16-25(24)34-17-35-27)26(39)19-12-14-29(15-13-19)28(40)36-18-38(29)22-4-2-1-3-5-22/h1-11,16-17,19H,12-15,18H2,(H,36,40)(H,34,35,37). The van der Waals surface area contributed by atoms with Gasteiger partial charge in [0.15, 0.2) is 5.78 Å². The van der Waals surface area contributed by atoms with Gasteiger partial charge in [-0.25, -0.2) is 9.97 Å². The van der Waals surface area contributed by atoms with Crippen LogP contribution in [-0.2, 0) is 4.79 Å². The molecule has 3 aromatic carbocycles. The fourth-order valence-electron chi connectivity index (χ4n) is 5.81. The van der Waals surface area contributed by atoms with Gasteiger partial charge >= 0.3 is 6.36 Å². The van der Waals surface area contributed by atoms with E-state index >= 15 is 0 Å². The average molecular weight is 562 g/mol. The summed E-state index contributed by atoms with van der Waals surface area (Å²) < 4.78 is 41.2. The predicted octanol–water partition coefficient (Wildman–Crippen LogP) is 5.98. The number of nitrogens with zero attached hydrogens (tertiary/aromatic N) is 3. The Morgan fingerprint density at radius 1 is 1.00 bits per heavy atom. The van der Waals surface area contributed by atoms with Crippen LogP contribution in [0.1, 0.15) is 36.0 Å². The Bertz CT molecular complexity index is 1590. The number of halogens is 3. The monoisotopic (exact) mass is 561 g/mol. The number of hydrogen-bond acceptors (Lipinski definition) is 7. The summed E-state index contributed by atoms with van der Waals surface area (Å²) >= 11 is 0. The summed E-state index contributed by atoms with van der Waals surface area (Å²) in [6, 6.07) is 20.4. The molecule has 1 saturated carbocycles. The fourth-order valence-corrected chi connectivity index (χ4v) is 5.81. The van der Waals surface area contributed by atoms with Crippen LogP contribution in [0.4, 0.5) is 30.4 Å². The molecule has 2 heterocycles. The van der Waals surface area contributed by atoms with Crippen molar-refractivity contribution in [2.75, 3.05) is 16.9 Å². The molecule has 2 N–H and O–H groups in total. The number of amides is 1. The number of benzene rings is 3. The molecule has 1 aromatic heterocycles. The van der Waals surface area contributed by atoms with Gasteiger partial charge in [-0.2, -0.15) is 0 Å². The third kappa shape index (κ3) is 5.27. The molecule has 0 bridgehead atoms. The van der Waals surface area contributed by atoms with Crippen LogP contribution >= 0.6 is 0 Å². The van der Waals surface area contributed by atoms with Crippen LogP contribution in [0.25, 0.3) is 10.9 Å². The molecular weight excluding hydrogens is 535 g/mol. The van der Waals surface area contributed by atoms with Crippen LogP contribution in [0.3, 0.4) is 0 Å². The highest BCUT2D eigenvalue weighted by atomic mass is 19.4. The number of Topliss-reactive ketones (excluding diaryl/α,β-unsaturated/α-hetero) is 1. The number of ether oxygens (including phenoxy) is 1. The van der Waals surface area contributed by atoms with Gasteiger partial charge in [-0.05, 0) is 74.2 Å². The molecule has 41 heavy (non-hydrogen) atoms. The zero-order valence-electron chi connectivity index (χ0n) is 21.8. The predicted molar refractivity (Wildman–Crippen MR) is 147 cm³/mol. The Hall–Kier alpha value is -4.67. The smallest absolute Gasteiger partial charge is 0.406 e. The number of fused-ring (bicyclic) bond motifs is 1. The Kier molecular flexibility index (Phi) is 6.72. The molecule has 0 radical (unpaired) electrons. The lowest BCUT2D eigenvalue weighted by Gasteiger charge is -2.41. The van der Waals surface area contributed by atoms with Crippen LogP contribution in [0.5, 0.6) is 5.75 Å². The normalized spacial score (nSPS) is 20.7. The van der Waals surface area contributed by atoms with Crippen molar-refractivity contribution in [2.45, 2.75) is 37.6 Å².